The van der Waals surface area contributed by atoms with Crippen LogP contribution in [-0.2, 0) is 6.54 Å². The molecule has 0 saturated heterocycles. The molecule has 0 heterocycles. The van der Waals surface area contributed by atoms with Crippen molar-refractivity contribution in [1.29, 1.82) is 0 Å². The summed E-state index contributed by atoms with van der Waals surface area (Å²) in [5, 5.41) is 3.78. The zero-order chi connectivity index (χ0) is 11.1. The van der Waals surface area contributed by atoms with E-state index in [-0.39, 0.29) is 6.03 Å². The predicted octanol–water partition coefficient (Wildman–Crippen LogP) is 1.26. The van der Waals surface area contributed by atoms with Gasteiger partial charge in [-0.1, -0.05) is 36.4 Å². The van der Waals surface area contributed by atoms with Crippen molar-refractivity contribution in [3.05, 3.63) is 48.6 Å². The Balaban J connectivity index is 2.37. The number of amides is 2. The van der Waals surface area contributed by atoms with Gasteiger partial charge in [-0.15, -0.1) is 6.58 Å². The first-order chi connectivity index (χ1) is 7.24. The highest BCUT2D eigenvalue weighted by Crippen LogP contribution is 1.97. The van der Waals surface area contributed by atoms with E-state index < -0.39 is 0 Å². The van der Waals surface area contributed by atoms with Crippen molar-refractivity contribution >= 4 is 6.03 Å². The molecule has 0 radical (unpaired) electrons. The molecule has 80 valence electrons. The summed E-state index contributed by atoms with van der Waals surface area (Å²) >= 11 is 0. The minimum atomic E-state index is -0.307. The summed E-state index contributed by atoms with van der Waals surface area (Å²) in [6.07, 6.45) is 1.57. The molecule has 0 unspecified atom stereocenters. The average molecular weight is 205 g/mol. The molecule has 1 aromatic carbocycles. The van der Waals surface area contributed by atoms with Crippen LogP contribution in [0.15, 0.2) is 43.0 Å². The molecule has 0 aliphatic rings. The second-order valence-electron chi connectivity index (χ2n) is 3.09. The first-order valence-electron chi connectivity index (χ1n) is 4.69. The van der Waals surface area contributed by atoms with Gasteiger partial charge in [0.15, 0.2) is 0 Å². The van der Waals surface area contributed by atoms with Crippen molar-refractivity contribution in [3.63, 3.8) is 0 Å². The molecule has 15 heavy (non-hydrogen) atoms. The van der Waals surface area contributed by atoms with Gasteiger partial charge in [-0.3, -0.25) is 5.01 Å². The molecule has 1 aromatic rings. The number of hydrogen-bond acceptors (Lipinski definition) is 2. The Morgan fingerprint density at radius 1 is 1.47 bits per heavy atom. The Hall–Kier alpha value is -1.81. The van der Waals surface area contributed by atoms with E-state index in [1.807, 2.05) is 30.3 Å². The molecule has 2 amide bonds. The predicted molar refractivity (Wildman–Crippen MR) is 59.8 cm³/mol. The van der Waals surface area contributed by atoms with Crippen LogP contribution < -0.4 is 11.2 Å². The lowest BCUT2D eigenvalue weighted by Crippen LogP contribution is -2.44. The Bertz CT molecular complexity index is 324. The fraction of sp³-hybridized carbons (Fsp3) is 0.182. The van der Waals surface area contributed by atoms with Crippen LogP contribution in [0, 0.1) is 0 Å². The molecule has 0 spiro atoms. The molecule has 0 bridgehead atoms. The summed E-state index contributed by atoms with van der Waals surface area (Å²) in [6, 6.07) is 9.34. The van der Waals surface area contributed by atoms with E-state index in [1.165, 1.54) is 0 Å². The van der Waals surface area contributed by atoms with E-state index in [1.54, 1.807) is 6.08 Å². The van der Waals surface area contributed by atoms with E-state index in [0.29, 0.717) is 13.1 Å². The molecule has 4 heteroatoms. The number of nitrogens with zero attached hydrogens (tertiary/aromatic N) is 1. The number of rotatable bonds is 4. The molecule has 0 atom stereocenters. The van der Waals surface area contributed by atoms with Crippen LogP contribution in [0.25, 0.3) is 0 Å². The smallest absolute Gasteiger partial charge is 0.332 e. The largest absolute Gasteiger partial charge is 0.333 e. The summed E-state index contributed by atoms with van der Waals surface area (Å²) in [5.74, 6) is 5.44. The number of nitrogens with two attached hydrogens (primary N) is 1. The van der Waals surface area contributed by atoms with Gasteiger partial charge in [-0.05, 0) is 5.56 Å². The molecular formula is C11H15N3O. The number of carbonyl (C=O) groups excluding carboxylic acids is 1. The van der Waals surface area contributed by atoms with Gasteiger partial charge in [-0.25, -0.2) is 10.6 Å². The highest BCUT2D eigenvalue weighted by molar-refractivity contribution is 5.73. The number of hydrogen-bond donors (Lipinski definition) is 2. The van der Waals surface area contributed by atoms with Crippen molar-refractivity contribution in [2.45, 2.75) is 6.54 Å². The van der Waals surface area contributed by atoms with Gasteiger partial charge >= 0.3 is 6.03 Å². The van der Waals surface area contributed by atoms with Crippen molar-refractivity contribution in [3.8, 4) is 0 Å². The Labute approximate surface area is 89.3 Å². The van der Waals surface area contributed by atoms with Gasteiger partial charge < -0.3 is 5.32 Å². The maximum Gasteiger partial charge on any atom is 0.332 e. The molecule has 0 fully saturated rings. The van der Waals surface area contributed by atoms with E-state index >= 15 is 0 Å². The fourth-order valence-corrected chi connectivity index (χ4v) is 1.10. The van der Waals surface area contributed by atoms with Crippen LogP contribution in [0.4, 0.5) is 4.79 Å². The lowest BCUT2D eigenvalue weighted by atomic mass is 10.2. The standard InChI is InChI=1S/C11H15N3O/c1-2-8-14(12)11(15)13-9-10-6-4-3-5-7-10/h2-7H,1,8-9,12H2,(H,13,15). The minimum Gasteiger partial charge on any atom is -0.333 e. The number of nitrogens with one attached hydrogen (secondary N) is 1. The molecular weight excluding hydrogens is 190 g/mol. The van der Waals surface area contributed by atoms with E-state index in [2.05, 4.69) is 11.9 Å². The second kappa shape index (κ2) is 5.82. The average Bonchev–Trinajstić information content (AvgIpc) is 2.27. The van der Waals surface area contributed by atoms with E-state index in [4.69, 9.17) is 5.84 Å². The second-order valence-corrected chi connectivity index (χ2v) is 3.09. The summed E-state index contributed by atoms with van der Waals surface area (Å²) in [6.45, 7) is 4.31. The summed E-state index contributed by atoms with van der Waals surface area (Å²) < 4.78 is 0. The number of carbonyl (C=O) groups is 1. The number of hydrazine groups is 1. The van der Waals surface area contributed by atoms with Crippen LogP contribution >= 0.6 is 0 Å². The van der Waals surface area contributed by atoms with Crippen LogP contribution in [0.2, 0.25) is 0 Å². The highest BCUT2D eigenvalue weighted by atomic mass is 16.2. The van der Waals surface area contributed by atoms with Gasteiger partial charge in [-0.2, -0.15) is 0 Å². The molecule has 0 aliphatic heterocycles. The number of benzene rings is 1. The lowest BCUT2D eigenvalue weighted by Gasteiger charge is -2.15. The molecule has 1 rings (SSSR count). The zero-order valence-electron chi connectivity index (χ0n) is 8.52. The third kappa shape index (κ3) is 3.83. The molecule has 0 aromatic heterocycles. The van der Waals surface area contributed by atoms with E-state index in [0.717, 1.165) is 10.6 Å². The van der Waals surface area contributed by atoms with Gasteiger partial charge in [0, 0.05) is 6.54 Å². The molecule has 0 aliphatic carbocycles. The lowest BCUT2D eigenvalue weighted by molar-refractivity contribution is 0.204. The minimum absolute atomic E-state index is 0.307. The van der Waals surface area contributed by atoms with Crippen LogP contribution in [0.1, 0.15) is 5.56 Å². The summed E-state index contributed by atoms with van der Waals surface area (Å²) in [4.78, 5) is 11.3. The van der Waals surface area contributed by atoms with Crippen LogP contribution in [0.3, 0.4) is 0 Å². The third-order valence-electron chi connectivity index (χ3n) is 1.87. The molecule has 4 nitrogen and oxygen atoms in total. The monoisotopic (exact) mass is 205 g/mol. The summed E-state index contributed by atoms with van der Waals surface area (Å²) in [7, 11) is 0. The van der Waals surface area contributed by atoms with Gasteiger partial charge in [0.2, 0.25) is 0 Å². The Morgan fingerprint density at radius 3 is 2.73 bits per heavy atom. The van der Waals surface area contributed by atoms with Crippen LogP contribution in [-0.4, -0.2) is 17.6 Å². The third-order valence-corrected chi connectivity index (χ3v) is 1.87. The highest BCUT2D eigenvalue weighted by Gasteiger charge is 2.05. The van der Waals surface area contributed by atoms with Gasteiger partial charge in [0.25, 0.3) is 0 Å². The molecule has 3 N–H and O–H groups in total. The van der Waals surface area contributed by atoms with Crippen molar-refractivity contribution in [2.24, 2.45) is 5.84 Å². The normalized spacial score (nSPS) is 9.40. The SMILES string of the molecule is C=CCN(N)C(=O)NCc1ccccc1. The zero-order valence-corrected chi connectivity index (χ0v) is 8.52. The van der Waals surface area contributed by atoms with Gasteiger partial charge in [0.05, 0.1) is 6.54 Å². The maximum absolute atomic E-state index is 11.3. The quantitative estimate of drug-likeness (QED) is 0.336. The Kier molecular flexibility index (Phi) is 4.37. The Morgan fingerprint density at radius 2 is 2.13 bits per heavy atom. The summed E-state index contributed by atoms with van der Waals surface area (Å²) in [5.41, 5.74) is 1.04. The van der Waals surface area contributed by atoms with E-state index in [9.17, 15) is 4.79 Å². The van der Waals surface area contributed by atoms with Gasteiger partial charge in [0.1, 0.15) is 0 Å². The topological polar surface area (TPSA) is 58.4 Å². The first kappa shape index (κ1) is 11.3. The van der Waals surface area contributed by atoms with Crippen molar-refractivity contribution in [2.75, 3.05) is 6.54 Å². The maximum atomic E-state index is 11.3. The van der Waals surface area contributed by atoms with Crippen LogP contribution in [0.5, 0.6) is 0 Å². The molecule has 0 saturated carbocycles. The fourth-order valence-electron chi connectivity index (χ4n) is 1.10. The van der Waals surface area contributed by atoms with Crippen molar-refractivity contribution < 1.29 is 4.79 Å². The first-order valence-corrected chi connectivity index (χ1v) is 4.69. The number of urea groups is 1. The van der Waals surface area contributed by atoms with Crippen molar-refractivity contribution in [1.82, 2.24) is 10.3 Å².